The Hall–Kier alpha value is -1.76. The first-order chi connectivity index (χ1) is 9.21. The Bertz CT molecular complexity index is 473. The van der Waals surface area contributed by atoms with Gasteiger partial charge >= 0.3 is 12.1 Å². The molecule has 0 unspecified atom stereocenters. The Kier molecular flexibility index (Phi) is 5.38. The van der Waals surface area contributed by atoms with E-state index in [2.05, 4.69) is 5.32 Å². The fourth-order valence-electron chi connectivity index (χ4n) is 1.67. The second kappa shape index (κ2) is 6.60. The lowest BCUT2D eigenvalue weighted by Crippen LogP contribution is -2.17. The first-order valence-electron chi connectivity index (χ1n) is 6.05. The fraction of sp³-hybridized carbons (Fsp3) is 0.462. The molecule has 0 aromatic heterocycles. The van der Waals surface area contributed by atoms with Gasteiger partial charge < -0.3 is 15.3 Å². The molecular formula is C13H17F3N2O2. The average molecular weight is 290 g/mol. The summed E-state index contributed by atoms with van der Waals surface area (Å²) in [5.74, 6) is -1.38. The Morgan fingerprint density at radius 3 is 2.50 bits per heavy atom. The number of hydrogen-bond donors (Lipinski definition) is 2. The number of anilines is 1. The summed E-state index contributed by atoms with van der Waals surface area (Å²) in [6, 6.07) is 2.68. The second-order valence-corrected chi connectivity index (χ2v) is 4.65. The highest BCUT2D eigenvalue weighted by Gasteiger charge is 2.31. The van der Waals surface area contributed by atoms with Gasteiger partial charge in [0.25, 0.3) is 0 Å². The quantitative estimate of drug-likeness (QED) is 0.791. The topological polar surface area (TPSA) is 52.6 Å². The maximum absolute atomic E-state index is 12.5. The lowest BCUT2D eigenvalue weighted by Gasteiger charge is -2.14. The molecule has 0 aliphatic rings. The van der Waals surface area contributed by atoms with Gasteiger partial charge in [0.2, 0.25) is 0 Å². The molecule has 112 valence electrons. The van der Waals surface area contributed by atoms with Crippen molar-refractivity contribution in [1.82, 2.24) is 4.90 Å². The molecule has 0 heterocycles. The Morgan fingerprint density at radius 2 is 2.00 bits per heavy atom. The van der Waals surface area contributed by atoms with E-state index in [-0.39, 0.29) is 11.3 Å². The van der Waals surface area contributed by atoms with Crippen molar-refractivity contribution in [3.8, 4) is 0 Å². The zero-order chi connectivity index (χ0) is 15.3. The zero-order valence-corrected chi connectivity index (χ0v) is 11.3. The molecule has 0 aliphatic heterocycles. The van der Waals surface area contributed by atoms with E-state index < -0.39 is 17.7 Å². The molecule has 1 aromatic rings. The van der Waals surface area contributed by atoms with Gasteiger partial charge in [-0.3, -0.25) is 0 Å². The lowest BCUT2D eigenvalue weighted by molar-refractivity contribution is -0.137. The summed E-state index contributed by atoms with van der Waals surface area (Å²) in [5, 5.41) is 11.8. The van der Waals surface area contributed by atoms with E-state index in [1.807, 2.05) is 19.0 Å². The van der Waals surface area contributed by atoms with Crippen LogP contribution in [0.5, 0.6) is 0 Å². The van der Waals surface area contributed by atoms with Crippen LogP contribution in [0.1, 0.15) is 22.3 Å². The summed E-state index contributed by atoms with van der Waals surface area (Å²) in [5.41, 5.74) is -1.14. The first-order valence-corrected chi connectivity index (χ1v) is 6.05. The molecule has 1 rings (SSSR count). The first kappa shape index (κ1) is 16.3. The maximum Gasteiger partial charge on any atom is 0.416 e. The lowest BCUT2D eigenvalue weighted by atomic mass is 10.1. The molecule has 0 saturated heterocycles. The van der Waals surface area contributed by atoms with Crippen LogP contribution in [0.4, 0.5) is 18.9 Å². The monoisotopic (exact) mass is 290 g/mol. The van der Waals surface area contributed by atoms with Gasteiger partial charge in [-0.1, -0.05) is 0 Å². The van der Waals surface area contributed by atoms with Crippen LogP contribution >= 0.6 is 0 Å². The molecular weight excluding hydrogens is 273 g/mol. The largest absolute Gasteiger partial charge is 0.478 e. The average Bonchev–Trinajstić information content (AvgIpc) is 2.33. The predicted octanol–water partition coefficient (Wildman–Crippen LogP) is 2.77. The summed E-state index contributed by atoms with van der Waals surface area (Å²) in [6.07, 6.45) is -3.79. The SMILES string of the molecule is CN(C)CCCNc1ccc(C(F)(F)F)cc1C(=O)O. The molecule has 0 amide bonds. The van der Waals surface area contributed by atoms with E-state index in [9.17, 15) is 18.0 Å². The van der Waals surface area contributed by atoms with E-state index >= 15 is 0 Å². The van der Waals surface area contributed by atoms with Crippen LogP contribution in [0.2, 0.25) is 0 Å². The van der Waals surface area contributed by atoms with Crippen molar-refractivity contribution in [3.05, 3.63) is 29.3 Å². The minimum Gasteiger partial charge on any atom is -0.478 e. The third-order valence-electron chi connectivity index (χ3n) is 2.67. The van der Waals surface area contributed by atoms with E-state index in [0.29, 0.717) is 12.6 Å². The highest BCUT2D eigenvalue weighted by atomic mass is 19.4. The van der Waals surface area contributed by atoms with Crippen LogP contribution in [-0.2, 0) is 6.18 Å². The molecule has 20 heavy (non-hydrogen) atoms. The standard InChI is InChI=1S/C13H17F3N2O2/c1-18(2)7-3-6-17-11-5-4-9(13(14,15)16)8-10(11)12(19)20/h4-5,8,17H,3,6-7H2,1-2H3,(H,19,20). The van der Waals surface area contributed by atoms with E-state index in [1.54, 1.807) is 0 Å². The molecule has 0 bridgehead atoms. The third kappa shape index (κ3) is 4.73. The summed E-state index contributed by atoms with van der Waals surface area (Å²) >= 11 is 0. The Morgan fingerprint density at radius 1 is 1.35 bits per heavy atom. The summed E-state index contributed by atoms with van der Waals surface area (Å²) in [4.78, 5) is 13.0. The number of rotatable bonds is 6. The number of carbonyl (C=O) groups is 1. The molecule has 2 N–H and O–H groups in total. The minimum absolute atomic E-state index is 0.198. The molecule has 0 fully saturated rings. The number of hydrogen-bond acceptors (Lipinski definition) is 3. The number of nitrogens with zero attached hydrogens (tertiary/aromatic N) is 1. The van der Waals surface area contributed by atoms with Crippen molar-refractivity contribution in [3.63, 3.8) is 0 Å². The Labute approximate surface area is 115 Å². The second-order valence-electron chi connectivity index (χ2n) is 4.65. The van der Waals surface area contributed by atoms with E-state index in [0.717, 1.165) is 25.1 Å². The van der Waals surface area contributed by atoms with Crippen LogP contribution in [0.15, 0.2) is 18.2 Å². The molecule has 0 saturated carbocycles. The summed E-state index contributed by atoms with van der Waals surface area (Å²) in [7, 11) is 3.81. The molecule has 4 nitrogen and oxygen atoms in total. The molecule has 0 radical (unpaired) electrons. The van der Waals surface area contributed by atoms with Gasteiger partial charge in [-0.05, 0) is 45.3 Å². The predicted molar refractivity (Wildman–Crippen MR) is 70.1 cm³/mol. The van der Waals surface area contributed by atoms with Crippen molar-refractivity contribution in [2.75, 3.05) is 32.5 Å². The highest BCUT2D eigenvalue weighted by Crippen LogP contribution is 2.31. The van der Waals surface area contributed by atoms with Crippen LogP contribution in [0.25, 0.3) is 0 Å². The number of carboxylic acids is 1. The Balaban J connectivity index is 2.83. The molecule has 1 aromatic carbocycles. The van der Waals surface area contributed by atoms with Gasteiger partial charge in [-0.15, -0.1) is 0 Å². The van der Waals surface area contributed by atoms with Crippen molar-refractivity contribution in [2.45, 2.75) is 12.6 Å². The van der Waals surface area contributed by atoms with Gasteiger partial charge in [-0.2, -0.15) is 13.2 Å². The number of halogens is 3. The van der Waals surface area contributed by atoms with Crippen molar-refractivity contribution < 1.29 is 23.1 Å². The zero-order valence-electron chi connectivity index (χ0n) is 11.3. The summed E-state index contributed by atoms with van der Waals surface area (Å²) < 4.78 is 37.6. The summed E-state index contributed by atoms with van der Waals surface area (Å²) in [6.45, 7) is 1.29. The number of benzene rings is 1. The highest BCUT2D eigenvalue weighted by molar-refractivity contribution is 5.94. The minimum atomic E-state index is -4.55. The van der Waals surface area contributed by atoms with Crippen molar-refractivity contribution in [2.24, 2.45) is 0 Å². The fourth-order valence-corrected chi connectivity index (χ4v) is 1.67. The molecule has 0 aliphatic carbocycles. The van der Waals surface area contributed by atoms with Crippen LogP contribution in [0.3, 0.4) is 0 Å². The van der Waals surface area contributed by atoms with Crippen LogP contribution in [0, 0.1) is 0 Å². The molecule has 7 heteroatoms. The van der Waals surface area contributed by atoms with Gasteiger partial charge in [0.1, 0.15) is 0 Å². The van der Waals surface area contributed by atoms with E-state index in [1.165, 1.54) is 0 Å². The smallest absolute Gasteiger partial charge is 0.416 e. The maximum atomic E-state index is 12.5. The van der Waals surface area contributed by atoms with Crippen molar-refractivity contribution >= 4 is 11.7 Å². The van der Waals surface area contributed by atoms with Crippen LogP contribution < -0.4 is 5.32 Å². The van der Waals surface area contributed by atoms with Crippen LogP contribution in [-0.4, -0.2) is 43.2 Å². The third-order valence-corrected chi connectivity index (χ3v) is 2.67. The number of alkyl halides is 3. The van der Waals surface area contributed by atoms with E-state index in [4.69, 9.17) is 5.11 Å². The van der Waals surface area contributed by atoms with Gasteiger partial charge in [0.05, 0.1) is 11.1 Å². The number of aromatic carboxylic acids is 1. The number of carboxylic acid groups (broad SMARTS) is 1. The number of nitrogens with one attached hydrogen (secondary N) is 1. The normalized spacial score (nSPS) is 11.7. The van der Waals surface area contributed by atoms with Gasteiger partial charge in [0.15, 0.2) is 0 Å². The van der Waals surface area contributed by atoms with Crippen molar-refractivity contribution in [1.29, 1.82) is 0 Å². The van der Waals surface area contributed by atoms with Gasteiger partial charge in [-0.25, -0.2) is 4.79 Å². The molecule has 0 spiro atoms. The van der Waals surface area contributed by atoms with Gasteiger partial charge in [0, 0.05) is 12.2 Å². The molecule has 0 atom stereocenters.